The van der Waals surface area contributed by atoms with Gasteiger partial charge in [-0.15, -0.1) is 11.8 Å². The monoisotopic (exact) mass is 519 g/mol. The van der Waals surface area contributed by atoms with E-state index in [9.17, 15) is 32.4 Å². The van der Waals surface area contributed by atoms with Gasteiger partial charge in [-0.2, -0.15) is 0 Å². The number of esters is 3. The second kappa shape index (κ2) is 7.81. The summed E-state index contributed by atoms with van der Waals surface area (Å²) >= 11 is 1.36. The number of carbonyl (C=O) groups excluding carboxylic acids is 5. The molecule has 0 aromatic rings. The van der Waals surface area contributed by atoms with Gasteiger partial charge in [0.05, 0.1) is 6.42 Å². The Balaban J connectivity index is 1.45. The summed E-state index contributed by atoms with van der Waals surface area (Å²) in [5.74, 6) is -3.65. The van der Waals surface area contributed by atoms with Crippen LogP contribution in [0.25, 0.3) is 0 Å². The van der Waals surface area contributed by atoms with Gasteiger partial charge in [-0.25, -0.2) is 18.0 Å². The average Bonchev–Trinajstić information content (AvgIpc) is 3.08. The third-order valence-electron chi connectivity index (χ3n) is 6.71. The molecule has 13 nitrogen and oxygen atoms in total. The van der Waals surface area contributed by atoms with E-state index >= 15 is 0 Å². The van der Waals surface area contributed by atoms with Crippen molar-refractivity contribution in [2.24, 2.45) is 5.73 Å². The van der Waals surface area contributed by atoms with Crippen molar-refractivity contribution in [2.45, 2.75) is 72.5 Å². The Hall–Kier alpha value is -2.39. The molecule has 15 heteroatoms. The number of rotatable bonds is 6. The molecule has 188 valence electrons. The maximum absolute atomic E-state index is 13.0. The highest BCUT2D eigenvalue weighted by Gasteiger charge is 2.71. The molecule has 0 saturated carbocycles. The third kappa shape index (κ3) is 3.31. The van der Waals surface area contributed by atoms with Crippen LogP contribution in [0.3, 0.4) is 0 Å². The molecule has 2 N–H and O–H groups in total. The zero-order valence-electron chi connectivity index (χ0n) is 18.9. The topological polar surface area (TPSA) is 180 Å². The summed E-state index contributed by atoms with van der Waals surface area (Å²) in [6.07, 6.45) is -0.293. The van der Waals surface area contributed by atoms with Crippen LogP contribution < -0.4 is 5.73 Å². The lowest BCUT2D eigenvalue weighted by molar-refractivity contribution is -0.181. The van der Waals surface area contributed by atoms with Crippen LogP contribution in [0.4, 0.5) is 0 Å². The predicted molar refractivity (Wildman–Crippen MR) is 114 cm³/mol. The van der Waals surface area contributed by atoms with Gasteiger partial charge in [0, 0.05) is 11.7 Å². The summed E-state index contributed by atoms with van der Waals surface area (Å²) in [5, 5.41) is -1.59. The molecular formula is C19H25N3O10S2. The minimum absolute atomic E-state index is 0.293. The van der Waals surface area contributed by atoms with E-state index in [4.69, 9.17) is 19.9 Å². The number of nitrogens with two attached hydrogens (primary N) is 1. The Kier molecular flexibility index (Phi) is 5.68. The number of fused-ring (bicyclic) bond motifs is 2. The highest BCUT2D eigenvalue weighted by Crippen LogP contribution is 2.50. The number of nitrogens with zero attached hydrogens (tertiary/aromatic N) is 2. The molecule has 4 saturated heterocycles. The number of hydrogen-bond acceptors (Lipinski definition) is 12. The normalized spacial score (nSPS) is 36.7. The Morgan fingerprint density at radius 3 is 2.21 bits per heavy atom. The molecule has 34 heavy (non-hydrogen) atoms. The Morgan fingerprint density at radius 1 is 1.06 bits per heavy atom. The summed E-state index contributed by atoms with van der Waals surface area (Å²) in [4.78, 5) is 63.3. The minimum atomic E-state index is -4.08. The summed E-state index contributed by atoms with van der Waals surface area (Å²) < 4.78 is 38.3. The second-order valence-corrected chi connectivity index (χ2v) is 13.7. The number of hydrogen-bond donors (Lipinski definition) is 1. The highest BCUT2D eigenvalue weighted by atomic mass is 32.2. The molecule has 4 rings (SSSR count). The van der Waals surface area contributed by atoms with Crippen LogP contribution in [0.1, 0.15) is 34.1 Å². The largest absolute Gasteiger partial charge is 0.464 e. The smallest absolute Gasteiger partial charge is 0.333 e. The van der Waals surface area contributed by atoms with Gasteiger partial charge in [-0.05, 0) is 20.8 Å². The van der Waals surface area contributed by atoms with Gasteiger partial charge in [-0.1, -0.05) is 0 Å². The molecule has 0 aromatic heterocycles. The van der Waals surface area contributed by atoms with E-state index < -0.39 is 80.0 Å². The van der Waals surface area contributed by atoms with Gasteiger partial charge in [0.1, 0.15) is 34.2 Å². The van der Waals surface area contributed by atoms with Crippen LogP contribution in [0.15, 0.2) is 0 Å². The van der Waals surface area contributed by atoms with E-state index in [1.165, 1.54) is 23.6 Å². The molecule has 6 atom stereocenters. The molecular weight excluding hydrogens is 494 g/mol. The van der Waals surface area contributed by atoms with Gasteiger partial charge < -0.3 is 29.7 Å². The van der Waals surface area contributed by atoms with Crippen molar-refractivity contribution in [3.05, 3.63) is 0 Å². The summed E-state index contributed by atoms with van der Waals surface area (Å²) in [6.45, 7) is 4.28. The third-order valence-corrected chi connectivity index (χ3v) is 11.0. The van der Waals surface area contributed by atoms with Crippen LogP contribution >= 0.6 is 11.8 Å². The Morgan fingerprint density at radius 2 is 1.65 bits per heavy atom. The second-order valence-electron chi connectivity index (χ2n) is 9.33. The summed E-state index contributed by atoms with van der Waals surface area (Å²) in [6, 6.07) is -3.24. The van der Waals surface area contributed by atoms with Gasteiger partial charge in [0.2, 0.25) is 18.6 Å². The molecule has 2 amide bonds. The summed E-state index contributed by atoms with van der Waals surface area (Å²) in [7, 11) is -4.08. The first-order chi connectivity index (χ1) is 15.6. The van der Waals surface area contributed by atoms with Crippen molar-refractivity contribution in [1.29, 1.82) is 0 Å². The van der Waals surface area contributed by atoms with Gasteiger partial charge in [0.25, 0.3) is 0 Å². The van der Waals surface area contributed by atoms with Crippen molar-refractivity contribution in [1.82, 2.24) is 9.80 Å². The van der Waals surface area contributed by atoms with Crippen molar-refractivity contribution < 1.29 is 46.6 Å². The van der Waals surface area contributed by atoms with Gasteiger partial charge >= 0.3 is 17.9 Å². The predicted octanol–water partition coefficient (Wildman–Crippen LogP) is -1.90. The molecule has 0 spiro atoms. The van der Waals surface area contributed by atoms with Crippen LogP contribution in [0, 0.1) is 0 Å². The molecule has 0 aliphatic carbocycles. The van der Waals surface area contributed by atoms with Crippen LogP contribution in [-0.2, 0) is 48.0 Å². The minimum Gasteiger partial charge on any atom is -0.464 e. The van der Waals surface area contributed by atoms with Crippen molar-refractivity contribution in [3.63, 3.8) is 0 Å². The van der Waals surface area contributed by atoms with E-state index in [0.717, 1.165) is 11.8 Å². The maximum atomic E-state index is 13.0. The molecule has 0 unspecified atom stereocenters. The lowest BCUT2D eigenvalue weighted by Crippen LogP contribution is -2.68. The van der Waals surface area contributed by atoms with E-state index in [1.54, 1.807) is 13.8 Å². The fraction of sp³-hybridized carbons (Fsp3) is 0.737. The first-order valence-electron chi connectivity index (χ1n) is 10.4. The molecule has 0 bridgehead atoms. The Bertz CT molecular complexity index is 1090. The van der Waals surface area contributed by atoms with Gasteiger partial charge in [0.15, 0.2) is 15.9 Å². The molecule has 4 heterocycles. The van der Waals surface area contributed by atoms with Crippen molar-refractivity contribution in [2.75, 3.05) is 13.4 Å². The van der Waals surface area contributed by atoms with E-state index in [0.29, 0.717) is 0 Å². The van der Waals surface area contributed by atoms with E-state index in [1.807, 2.05) is 0 Å². The number of carbonyl (C=O) groups is 5. The SMILES string of the molecule is CC(=O)OC[C@@]1(C)[C@H](C(=O)OCOC(=O)[C@@H]2N3C(=O)[C@@H](N)[C@H]3SC2(C)C)N2C(=O)C[C@H]2S1(=O)=O. The van der Waals surface area contributed by atoms with E-state index in [2.05, 4.69) is 0 Å². The summed E-state index contributed by atoms with van der Waals surface area (Å²) in [5.41, 5.74) is 5.79. The lowest BCUT2D eigenvalue weighted by Gasteiger charge is -2.41. The van der Waals surface area contributed by atoms with Crippen LogP contribution in [0.5, 0.6) is 0 Å². The first-order valence-corrected chi connectivity index (χ1v) is 12.8. The van der Waals surface area contributed by atoms with Gasteiger partial charge in [-0.3, -0.25) is 14.4 Å². The molecule has 4 aliphatic heterocycles. The fourth-order valence-corrected chi connectivity index (χ4v) is 8.66. The van der Waals surface area contributed by atoms with Crippen molar-refractivity contribution in [3.8, 4) is 0 Å². The standard InChI is InChI=1S/C19H25N3O10S2/c1-8(23)30-6-19(4)13(21-9(24)5-10(21)34(19,28)29)17(27)32-7-31-16(26)12-18(2,3)33-15-11(20)14(25)22(12)15/h10-13,15H,5-7,20H2,1-4H3/t10-,11-,12+,13+,15-,19+/m1/s1. The number of β-lactam (4-membered cyclic amide) rings is 2. The zero-order chi connectivity index (χ0) is 25.4. The fourth-order valence-electron chi connectivity index (χ4n) is 4.83. The highest BCUT2D eigenvalue weighted by molar-refractivity contribution is 8.01. The quantitative estimate of drug-likeness (QED) is 0.234. The van der Waals surface area contributed by atoms with Crippen LogP contribution in [0.2, 0.25) is 0 Å². The molecule has 4 fully saturated rings. The molecule has 0 aromatic carbocycles. The molecule has 0 radical (unpaired) electrons. The molecule has 4 aliphatic rings. The average molecular weight is 520 g/mol. The van der Waals surface area contributed by atoms with Crippen molar-refractivity contribution >= 4 is 51.3 Å². The van der Waals surface area contributed by atoms with Crippen LogP contribution in [-0.4, -0.2) is 99.7 Å². The number of amides is 2. The first kappa shape index (κ1) is 24.7. The number of sulfone groups is 1. The maximum Gasteiger partial charge on any atom is 0.333 e. The number of ether oxygens (including phenoxy) is 3. The number of thioether (sulfide) groups is 1. The lowest BCUT2D eigenvalue weighted by atomic mass is 9.96. The zero-order valence-corrected chi connectivity index (χ0v) is 20.5. The Labute approximate surface area is 199 Å². The van der Waals surface area contributed by atoms with E-state index in [-0.39, 0.29) is 17.7 Å².